The van der Waals surface area contributed by atoms with Crippen LogP contribution in [0.3, 0.4) is 0 Å². The zero-order valence-corrected chi connectivity index (χ0v) is 20.8. The van der Waals surface area contributed by atoms with Gasteiger partial charge in [-0.15, -0.1) is 11.3 Å². The molecular formula is C34H22N2S. The van der Waals surface area contributed by atoms with E-state index in [-0.39, 0.29) is 0 Å². The number of hydrogen-bond donors (Lipinski definition) is 0. The molecule has 0 aliphatic carbocycles. The van der Waals surface area contributed by atoms with Crippen LogP contribution >= 0.6 is 11.3 Å². The summed E-state index contributed by atoms with van der Waals surface area (Å²) in [6.07, 6.45) is 0. The zero-order chi connectivity index (χ0) is 24.6. The average molecular weight is 491 g/mol. The van der Waals surface area contributed by atoms with Crippen LogP contribution in [0, 0.1) is 0 Å². The maximum atomic E-state index is 5.14. The lowest BCUT2D eigenvalue weighted by Gasteiger charge is -2.10. The lowest BCUT2D eigenvalue weighted by molar-refractivity contribution is 1.24. The number of nitrogens with zero attached hydrogens (tertiary/aromatic N) is 2. The second kappa shape index (κ2) is 9.12. The normalized spacial score (nSPS) is 11.2. The van der Waals surface area contributed by atoms with Crippen molar-refractivity contribution in [3.8, 4) is 44.9 Å². The Hall–Kier alpha value is -4.60. The fraction of sp³-hybridized carbons (Fsp3) is 0. The standard InChI is InChI=1S/C34H22N2S/c1-3-11-23(12-4-1)25-15-9-16-26(21-25)27-17-10-18-28(22-27)34-35-31(24-13-5-2-6-14-24)33-32(36-34)29-19-7-8-20-30(29)37-33/h1-22H. The first kappa shape index (κ1) is 21.7. The average Bonchev–Trinajstić information content (AvgIpc) is 3.36. The van der Waals surface area contributed by atoms with Crippen molar-refractivity contribution in [2.24, 2.45) is 0 Å². The van der Waals surface area contributed by atoms with Gasteiger partial charge in [0.1, 0.15) is 0 Å². The smallest absolute Gasteiger partial charge is 0.160 e. The summed E-state index contributed by atoms with van der Waals surface area (Å²) >= 11 is 1.76. The minimum Gasteiger partial charge on any atom is -0.226 e. The van der Waals surface area contributed by atoms with E-state index >= 15 is 0 Å². The Morgan fingerprint density at radius 2 is 0.973 bits per heavy atom. The van der Waals surface area contributed by atoms with E-state index in [0.717, 1.165) is 38.4 Å². The van der Waals surface area contributed by atoms with Crippen LogP contribution in [0.4, 0.5) is 0 Å². The van der Waals surface area contributed by atoms with Gasteiger partial charge >= 0.3 is 0 Å². The molecule has 2 heterocycles. The number of benzene rings is 5. The van der Waals surface area contributed by atoms with E-state index in [4.69, 9.17) is 9.97 Å². The summed E-state index contributed by atoms with van der Waals surface area (Å²) in [4.78, 5) is 10.3. The fourth-order valence-corrected chi connectivity index (χ4v) is 6.01. The third-order valence-electron chi connectivity index (χ3n) is 6.69. The summed E-state index contributed by atoms with van der Waals surface area (Å²) in [6, 6.07) is 46.7. The Kier molecular flexibility index (Phi) is 5.34. The van der Waals surface area contributed by atoms with E-state index in [1.165, 1.54) is 26.8 Å². The zero-order valence-electron chi connectivity index (χ0n) is 20.0. The number of fused-ring (bicyclic) bond motifs is 3. The van der Waals surface area contributed by atoms with Crippen LogP contribution in [0.25, 0.3) is 65.2 Å². The van der Waals surface area contributed by atoms with Crippen molar-refractivity contribution in [2.45, 2.75) is 0 Å². The maximum Gasteiger partial charge on any atom is 0.160 e. The molecule has 3 heteroatoms. The van der Waals surface area contributed by atoms with Crippen molar-refractivity contribution in [1.82, 2.24) is 9.97 Å². The van der Waals surface area contributed by atoms with E-state index in [0.29, 0.717) is 0 Å². The van der Waals surface area contributed by atoms with Crippen LogP contribution in [0.5, 0.6) is 0 Å². The van der Waals surface area contributed by atoms with Gasteiger partial charge < -0.3 is 0 Å². The Morgan fingerprint density at radius 3 is 1.70 bits per heavy atom. The minimum atomic E-state index is 0.746. The highest BCUT2D eigenvalue weighted by Crippen LogP contribution is 2.39. The molecule has 0 saturated heterocycles. The predicted octanol–water partition coefficient (Wildman–Crippen LogP) is 9.51. The van der Waals surface area contributed by atoms with Gasteiger partial charge in [-0.05, 0) is 40.5 Å². The number of rotatable bonds is 4. The Bertz CT molecular complexity index is 1870. The van der Waals surface area contributed by atoms with Crippen LogP contribution in [0.15, 0.2) is 133 Å². The van der Waals surface area contributed by atoms with Gasteiger partial charge in [0, 0.05) is 21.2 Å². The Morgan fingerprint density at radius 1 is 0.432 bits per heavy atom. The minimum absolute atomic E-state index is 0.746. The summed E-state index contributed by atoms with van der Waals surface area (Å²) in [6.45, 7) is 0. The molecule has 0 radical (unpaired) electrons. The molecule has 7 aromatic rings. The number of hydrogen-bond acceptors (Lipinski definition) is 3. The van der Waals surface area contributed by atoms with Crippen LogP contribution in [0.1, 0.15) is 0 Å². The van der Waals surface area contributed by atoms with Crippen LogP contribution in [-0.4, -0.2) is 9.97 Å². The van der Waals surface area contributed by atoms with Gasteiger partial charge in [-0.25, -0.2) is 9.97 Å². The molecule has 2 aromatic heterocycles. The predicted molar refractivity (Wildman–Crippen MR) is 157 cm³/mol. The Balaban J connectivity index is 1.39. The summed E-state index contributed by atoms with van der Waals surface area (Å²) in [5, 5.41) is 1.18. The van der Waals surface area contributed by atoms with Crippen molar-refractivity contribution in [1.29, 1.82) is 0 Å². The first-order chi connectivity index (χ1) is 18.3. The molecule has 0 bridgehead atoms. The van der Waals surface area contributed by atoms with Crippen molar-refractivity contribution < 1.29 is 0 Å². The fourth-order valence-electron chi connectivity index (χ4n) is 4.86. The molecule has 174 valence electrons. The molecule has 5 aromatic carbocycles. The van der Waals surface area contributed by atoms with Gasteiger partial charge in [0.25, 0.3) is 0 Å². The molecule has 0 aliphatic rings. The topological polar surface area (TPSA) is 25.8 Å². The third-order valence-corrected chi connectivity index (χ3v) is 7.86. The second-order valence-corrected chi connectivity index (χ2v) is 10.1. The molecule has 0 atom stereocenters. The molecule has 0 aliphatic heterocycles. The van der Waals surface area contributed by atoms with Gasteiger partial charge in [-0.1, -0.05) is 115 Å². The Labute approximate surface area is 219 Å². The number of thiophene rings is 1. The lowest BCUT2D eigenvalue weighted by atomic mass is 9.98. The van der Waals surface area contributed by atoms with Crippen LogP contribution in [0.2, 0.25) is 0 Å². The third kappa shape index (κ3) is 4.00. The van der Waals surface area contributed by atoms with Crippen molar-refractivity contribution >= 4 is 31.6 Å². The summed E-state index contributed by atoms with van der Waals surface area (Å²) in [5.74, 6) is 0.746. The second-order valence-electron chi connectivity index (χ2n) is 9.07. The maximum absolute atomic E-state index is 5.14. The molecule has 0 amide bonds. The quantitative estimate of drug-likeness (QED) is 0.245. The van der Waals surface area contributed by atoms with Crippen molar-refractivity contribution in [3.63, 3.8) is 0 Å². The van der Waals surface area contributed by atoms with E-state index < -0.39 is 0 Å². The van der Waals surface area contributed by atoms with Gasteiger partial charge in [-0.2, -0.15) is 0 Å². The van der Waals surface area contributed by atoms with E-state index in [1.54, 1.807) is 11.3 Å². The molecule has 0 saturated carbocycles. The van der Waals surface area contributed by atoms with E-state index in [2.05, 4.69) is 121 Å². The summed E-state index contributed by atoms with van der Waals surface area (Å²) < 4.78 is 2.36. The highest BCUT2D eigenvalue weighted by molar-refractivity contribution is 7.26. The van der Waals surface area contributed by atoms with Gasteiger partial charge in [0.15, 0.2) is 5.82 Å². The van der Waals surface area contributed by atoms with Crippen LogP contribution < -0.4 is 0 Å². The molecule has 0 unspecified atom stereocenters. The van der Waals surface area contributed by atoms with E-state index in [1.807, 2.05) is 12.1 Å². The molecule has 0 N–H and O–H groups in total. The van der Waals surface area contributed by atoms with Gasteiger partial charge in [0.05, 0.1) is 15.9 Å². The monoisotopic (exact) mass is 490 g/mol. The first-order valence-corrected chi connectivity index (χ1v) is 13.2. The van der Waals surface area contributed by atoms with Gasteiger partial charge in [-0.3, -0.25) is 0 Å². The first-order valence-electron chi connectivity index (χ1n) is 12.3. The van der Waals surface area contributed by atoms with Gasteiger partial charge in [0.2, 0.25) is 0 Å². The highest BCUT2D eigenvalue weighted by atomic mass is 32.1. The van der Waals surface area contributed by atoms with Crippen LogP contribution in [-0.2, 0) is 0 Å². The molecule has 0 fully saturated rings. The van der Waals surface area contributed by atoms with E-state index in [9.17, 15) is 0 Å². The van der Waals surface area contributed by atoms with Crippen molar-refractivity contribution in [3.05, 3.63) is 133 Å². The molecule has 37 heavy (non-hydrogen) atoms. The SMILES string of the molecule is c1ccc(-c2cccc(-c3cccc(-c4nc(-c5ccccc5)c5sc6ccccc6c5n4)c3)c2)cc1. The molecular weight excluding hydrogens is 468 g/mol. The van der Waals surface area contributed by atoms with Crippen molar-refractivity contribution in [2.75, 3.05) is 0 Å². The molecule has 0 spiro atoms. The number of aromatic nitrogens is 2. The molecule has 7 rings (SSSR count). The summed E-state index contributed by atoms with van der Waals surface area (Å²) in [7, 11) is 0. The summed E-state index contributed by atoms with van der Waals surface area (Å²) in [5.41, 5.74) is 8.86. The lowest BCUT2D eigenvalue weighted by Crippen LogP contribution is -1.94. The highest BCUT2D eigenvalue weighted by Gasteiger charge is 2.16. The molecule has 2 nitrogen and oxygen atoms in total. The largest absolute Gasteiger partial charge is 0.226 e.